The van der Waals surface area contributed by atoms with Gasteiger partial charge in [0.25, 0.3) is 0 Å². The lowest BCUT2D eigenvalue weighted by Gasteiger charge is -2.14. The molecule has 1 aromatic carbocycles. The zero-order chi connectivity index (χ0) is 9.97. The van der Waals surface area contributed by atoms with Crippen LogP contribution in [0.2, 0.25) is 0 Å². The normalized spacial score (nSPS) is 21.1. The number of hydrogen-bond donors (Lipinski definition) is 0. The molecule has 0 aromatic heterocycles. The Kier molecular flexibility index (Phi) is 2.73. The van der Waals surface area contributed by atoms with Gasteiger partial charge in [-0.2, -0.15) is 0 Å². The SMILES string of the molecule is Cc1ccc(C)c(OC2CCOC2)c1. The Morgan fingerprint density at radius 1 is 1.36 bits per heavy atom. The van der Waals surface area contributed by atoms with Crippen LogP contribution in [0.5, 0.6) is 5.75 Å². The van der Waals surface area contributed by atoms with Crippen LogP contribution in [0, 0.1) is 13.8 Å². The van der Waals surface area contributed by atoms with Crippen LogP contribution in [0.15, 0.2) is 18.2 Å². The van der Waals surface area contributed by atoms with E-state index in [9.17, 15) is 0 Å². The maximum atomic E-state index is 5.86. The Labute approximate surface area is 84.8 Å². The first-order valence-corrected chi connectivity index (χ1v) is 5.07. The van der Waals surface area contributed by atoms with Gasteiger partial charge in [-0.15, -0.1) is 0 Å². The average molecular weight is 192 g/mol. The largest absolute Gasteiger partial charge is 0.488 e. The van der Waals surface area contributed by atoms with Crippen LogP contribution in [-0.4, -0.2) is 19.3 Å². The summed E-state index contributed by atoms with van der Waals surface area (Å²) in [5, 5.41) is 0. The molecule has 1 unspecified atom stereocenters. The van der Waals surface area contributed by atoms with Crippen LogP contribution in [0.1, 0.15) is 17.5 Å². The average Bonchev–Trinajstić information content (AvgIpc) is 2.64. The van der Waals surface area contributed by atoms with Crippen molar-refractivity contribution in [2.45, 2.75) is 26.4 Å². The number of ether oxygens (including phenoxy) is 2. The number of aryl methyl sites for hydroxylation is 2. The summed E-state index contributed by atoms with van der Waals surface area (Å²) in [5.41, 5.74) is 2.44. The van der Waals surface area contributed by atoms with E-state index in [-0.39, 0.29) is 6.10 Å². The zero-order valence-corrected chi connectivity index (χ0v) is 8.75. The summed E-state index contributed by atoms with van der Waals surface area (Å²) in [6.07, 6.45) is 1.25. The van der Waals surface area contributed by atoms with Gasteiger partial charge >= 0.3 is 0 Å². The summed E-state index contributed by atoms with van der Waals surface area (Å²) in [6.45, 7) is 5.71. The predicted octanol–water partition coefficient (Wildman–Crippen LogP) is 2.47. The van der Waals surface area contributed by atoms with Crippen LogP contribution in [0.3, 0.4) is 0 Å². The van der Waals surface area contributed by atoms with E-state index >= 15 is 0 Å². The van der Waals surface area contributed by atoms with Gasteiger partial charge in [0.05, 0.1) is 13.2 Å². The van der Waals surface area contributed by atoms with Gasteiger partial charge in [0.2, 0.25) is 0 Å². The molecule has 2 heteroatoms. The van der Waals surface area contributed by atoms with Crippen molar-refractivity contribution < 1.29 is 9.47 Å². The highest BCUT2D eigenvalue weighted by molar-refractivity contribution is 5.36. The molecule has 0 saturated carbocycles. The van der Waals surface area contributed by atoms with Gasteiger partial charge in [0.1, 0.15) is 11.9 Å². The van der Waals surface area contributed by atoms with Crippen LogP contribution < -0.4 is 4.74 Å². The minimum atomic E-state index is 0.246. The molecular formula is C12H16O2. The van der Waals surface area contributed by atoms with Crippen molar-refractivity contribution in [1.29, 1.82) is 0 Å². The highest BCUT2D eigenvalue weighted by Gasteiger charge is 2.17. The third-order valence-corrected chi connectivity index (χ3v) is 2.53. The second kappa shape index (κ2) is 4.01. The van der Waals surface area contributed by atoms with E-state index in [4.69, 9.17) is 9.47 Å². The number of benzene rings is 1. The fourth-order valence-corrected chi connectivity index (χ4v) is 1.62. The molecule has 1 saturated heterocycles. The minimum Gasteiger partial charge on any atom is -0.488 e. The Morgan fingerprint density at radius 3 is 2.93 bits per heavy atom. The molecule has 2 nitrogen and oxygen atoms in total. The Bertz CT molecular complexity index is 314. The molecular weight excluding hydrogens is 176 g/mol. The maximum absolute atomic E-state index is 5.86. The third kappa shape index (κ3) is 2.07. The molecule has 2 rings (SSSR count). The standard InChI is InChI=1S/C12H16O2/c1-9-3-4-10(2)12(7-9)14-11-5-6-13-8-11/h3-4,7,11H,5-6,8H2,1-2H3. The molecule has 76 valence electrons. The van der Waals surface area contributed by atoms with Crippen molar-refractivity contribution in [1.82, 2.24) is 0 Å². The van der Waals surface area contributed by atoms with Gasteiger partial charge in [-0.3, -0.25) is 0 Å². The molecule has 0 spiro atoms. The first kappa shape index (κ1) is 9.53. The highest BCUT2D eigenvalue weighted by Crippen LogP contribution is 2.22. The predicted molar refractivity (Wildman–Crippen MR) is 55.8 cm³/mol. The molecule has 0 bridgehead atoms. The van der Waals surface area contributed by atoms with E-state index in [0.717, 1.165) is 25.4 Å². The van der Waals surface area contributed by atoms with Crippen molar-refractivity contribution >= 4 is 0 Å². The van der Waals surface area contributed by atoms with Crippen molar-refractivity contribution in [2.24, 2.45) is 0 Å². The van der Waals surface area contributed by atoms with Crippen molar-refractivity contribution in [3.05, 3.63) is 29.3 Å². The van der Waals surface area contributed by atoms with E-state index in [1.165, 1.54) is 11.1 Å². The zero-order valence-electron chi connectivity index (χ0n) is 8.75. The van der Waals surface area contributed by atoms with Crippen molar-refractivity contribution in [3.8, 4) is 5.75 Å². The van der Waals surface area contributed by atoms with Crippen LogP contribution in [-0.2, 0) is 4.74 Å². The topological polar surface area (TPSA) is 18.5 Å². The van der Waals surface area contributed by atoms with E-state index in [1.54, 1.807) is 0 Å². The molecule has 1 atom stereocenters. The molecule has 0 amide bonds. The molecule has 1 aromatic rings. The van der Waals surface area contributed by atoms with Gasteiger partial charge < -0.3 is 9.47 Å². The third-order valence-electron chi connectivity index (χ3n) is 2.53. The second-order valence-corrected chi connectivity index (χ2v) is 3.87. The lowest BCUT2D eigenvalue weighted by atomic mass is 10.1. The van der Waals surface area contributed by atoms with E-state index < -0.39 is 0 Å². The number of hydrogen-bond acceptors (Lipinski definition) is 2. The summed E-state index contributed by atoms with van der Waals surface area (Å²) in [5.74, 6) is 1.00. The molecule has 1 fully saturated rings. The molecule has 14 heavy (non-hydrogen) atoms. The van der Waals surface area contributed by atoms with Gasteiger partial charge in [-0.1, -0.05) is 12.1 Å². The Balaban J connectivity index is 2.10. The Morgan fingerprint density at radius 2 is 2.21 bits per heavy atom. The molecule has 1 aliphatic rings. The maximum Gasteiger partial charge on any atom is 0.124 e. The summed E-state index contributed by atoms with van der Waals surface area (Å²) >= 11 is 0. The van der Waals surface area contributed by atoms with E-state index in [2.05, 4.69) is 32.0 Å². The van der Waals surface area contributed by atoms with E-state index in [1.807, 2.05) is 0 Å². The van der Waals surface area contributed by atoms with Crippen molar-refractivity contribution in [3.63, 3.8) is 0 Å². The summed E-state index contributed by atoms with van der Waals surface area (Å²) < 4.78 is 11.1. The van der Waals surface area contributed by atoms with Crippen LogP contribution >= 0.6 is 0 Å². The minimum absolute atomic E-state index is 0.246. The summed E-state index contributed by atoms with van der Waals surface area (Å²) in [4.78, 5) is 0. The fraction of sp³-hybridized carbons (Fsp3) is 0.500. The number of rotatable bonds is 2. The molecule has 0 aliphatic carbocycles. The van der Waals surface area contributed by atoms with Crippen molar-refractivity contribution in [2.75, 3.05) is 13.2 Å². The second-order valence-electron chi connectivity index (χ2n) is 3.87. The first-order chi connectivity index (χ1) is 6.75. The molecule has 1 aliphatic heterocycles. The first-order valence-electron chi connectivity index (χ1n) is 5.07. The van der Waals surface area contributed by atoms with E-state index in [0.29, 0.717) is 0 Å². The van der Waals surface area contributed by atoms with Gasteiger partial charge in [0.15, 0.2) is 0 Å². The summed E-state index contributed by atoms with van der Waals surface area (Å²) in [6, 6.07) is 6.29. The lowest BCUT2D eigenvalue weighted by molar-refractivity contribution is 0.141. The molecule has 0 N–H and O–H groups in total. The van der Waals surface area contributed by atoms with Gasteiger partial charge in [-0.05, 0) is 31.0 Å². The van der Waals surface area contributed by atoms with Gasteiger partial charge in [0, 0.05) is 6.42 Å². The summed E-state index contributed by atoms with van der Waals surface area (Å²) in [7, 11) is 0. The molecule has 0 radical (unpaired) electrons. The van der Waals surface area contributed by atoms with Crippen LogP contribution in [0.25, 0.3) is 0 Å². The highest BCUT2D eigenvalue weighted by atomic mass is 16.5. The fourth-order valence-electron chi connectivity index (χ4n) is 1.62. The van der Waals surface area contributed by atoms with Gasteiger partial charge in [-0.25, -0.2) is 0 Å². The lowest BCUT2D eigenvalue weighted by Crippen LogP contribution is -2.16. The smallest absolute Gasteiger partial charge is 0.124 e. The van der Waals surface area contributed by atoms with Crippen LogP contribution in [0.4, 0.5) is 0 Å². The molecule has 1 heterocycles. The quantitative estimate of drug-likeness (QED) is 0.716. The monoisotopic (exact) mass is 192 g/mol. The Hall–Kier alpha value is -1.02.